The van der Waals surface area contributed by atoms with Gasteiger partial charge in [-0.3, -0.25) is 4.79 Å². The first-order valence-corrected chi connectivity index (χ1v) is 14.4. The third-order valence-corrected chi connectivity index (χ3v) is 11.7. The molecule has 0 spiro atoms. The molecule has 3 N–H and O–H groups in total. The molecule has 4 aliphatic rings. The van der Waals surface area contributed by atoms with Crippen LogP contribution in [0.3, 0.4) is 0 Å². The van der Waals surface area contributed by atoms with Gasteiger partial charge in [0.2, 0.25) is 5.91 Å². The molecule has 10 atom stereocenters. The predicted octanol–water partition coefficient (Wildman–Crippen LogP) is 5.71. The van der Waals surface area contributed by atoms with Crippen LogP contribution in [0.15, 0.2) is 30.3 Å². The summed E-state index contributed by atoms with van der Waals surface area (Å²) in [5.41, 5.74) is 1.39. The van der Waals surface area contributed by atoms with Gasteiger partial charge in [0.15, 0.2) is 0 Å². The zero-order chi connectivity index (χ0) is 24.8. The molecule has 10 unspecified atom stereocenters. The van der Waals surface area contributed by atoms with Gasteiger partial charge >= 0.3 is 0 Å². The van der Waals surface area contributed by atoms with Crippen LogP contribution in [0.1, 0.15) is 90.5 Å². The summed E-state index contributed by atoms with van der Waals surface area (Å²) in [6.07, 6.45) is 9.97. The van der Waals surface area contributed by atoms with Crippen LogP contribution in [0.25, 0.3) is 0 Å². The molecular weight excluding hydrogens is 434 g/mol. The first kappa shape index (κ1) is 25.3. The van der Waals surface area contributed by atoms with Crippen molar-refractivity contribution < 1.29 is 15.0 Å². The Bertz CT molecular complexity index is 888. The van der Waals surface area contributed by atoms with Crippen LogP contribution in [0.4, 0.5) is 0 Å². The van der Waals surface area contributed by atoms with E-state index < -0.39 is 0 Å². The zero-order valence-corrected chi connectivity index (χ0v) is 22.1. The van der Waals surface area contributed by atoms with Crippen LogP contribution < -0.4 is 5.32 Å². The Kier molecular flexibility index (Phi) is 7.09. The van der Waals surface area contributed by atoms with Crippen LogP contribution in [0, 0.1) is 46.3 Å². The van der Waals surface area contributed by atoms with E-state index >= 15 is 0 Å². The summed E-state index contributed by atoms with van der Waals surface area (Å²) in [6, 6.07) is 10.1. The normalized spacial score (nSPS) is 43.5. The number of hydrogen-bond acceptors (Lipinski definition) is 3. The fourth-order valence-corrected chi connectivity index (χ4v) is 9.61. The Morgan fingerprint density at radius 3 is 2.57 bits per heavy atom. The average Bonchev–Trinajstić information content (AvgIpc) is 3.22. The summed E-state index contributed by atoms with van der Waals surface area (Å²) in [5, 5.41) is 25.1. The minimum absolute atomic E-state index is 0.0293. The van der Waals surface area contributed by atoms with Crippen LogP contribution in [0.5, 0.6) is 0 Å². The molecule has 4 heteroatoms. The van der Waals surface area contributed by atoms with Crippen molar-refractivity contribution in [3.8, 4) is 0 Å². The van der Waals surface area contributed by atoms with Gasteiger partial charge in [-0.15, -0.1) is 0 Å². The van der Waals surface area contributed by atoms with Crippen molar-refractivity contribution in [1.29, 1.82) is 0 Å². The van der Waals surface area contributed by atoms with Gasteiger partial charge < -0.3 is 15.5 Å². The van der Waals surface area contributed by atoms with Crippen molar-refractivity contribution in [3.05, 3.63) is 35.9 Å². The lowest BCUT2D eigenvalue weighted by molar-refractivity contribution is -0.174. The van der Waals surface area contributed by atoms with Gasteiger partial charge in [-0.1, -0.05) is 51.1 Å². The second-order valence-corrected chi connectivity index (χ2v) is 13.2. The minimum Gasteiger partial charge on any atom is -0.393 e. The Morgan fingerprint density at radius 1 is 1.03 bits per heavy atom. The topological polar surface area (TPSA) is 69.6 Å². The fourth-order valence-electron chi connectivity index (χ4n) is 9.61. The van der Waals surface area contributed by atoms with Crippen LogP contribution in [-0.2, 0) is 11.3 Å². The highest BCUT2D eigenvalue weighted by molar-refractivity contribution is 5.75. The van der Waals surface area contributed by atoms with E-state index in [1.807, 2.05) is 30.3 Å². The van der Waals surface area contributed by atoms with Crippen molar-refractivity contribution in [2.75, 3.05) is 0 Å². The van der Waals surface area contributed by atoms with Gasteiger partial charge in [0.05, 0.1) is 12.2 Å². The lowest BCUT2D eigenvalue weighted by Gasteiger charge is -2.62. The van der Waals surface area contributed by atoms with Crippen molar-refractivity contribution in [2.45, 2.75) is 104 Å². The Balaban J connectivity index is 1.22. The highest BCUT2D eigenvalue weighted by Gasteiger charge is 2.63. The van der Waals surface area contributed by atoms with Crippen molar-refractivity contribution >= 4 is 5.91 Å². The monoisotopic (exact) mass is 481 g/mol. The number of rotatable bonds is 6. The number of aliphatic hydroxyl groups excluding tert-OH is 2. The summed E-state index contributed by atoms with van der Waals surface area (Å²) in [6.45, 7) is 7.79. The number of benzene rings is 1. The molecule has 1 aromatic rings. The first-order valence-electron chi connectivity index (χ1n) is 14.4. The van der Waals surface area contributed by atoms with Crippen molar-refractivity contribution in [2.24, 2.45) is 46.3 Å². The molecule has 4 aliphatic carbocycles. The molecule has 0 aromatic heterocycles. The highest BCUT2D eigenvalue weighted by Crippen LogP contribution is 2.68. The molecule has 35 heavy (non-hydrogen) atoms. The summed E-state index contributed by atoms with van der Waals surface area (Å²) < 4.78 is 0. The summed E-state index contributed by atoms with van der Waals surface area (Å²) in [5.74, 6) is 3.59. The molecule has 1 amide bonds. The van der Waals surface area contributed by atoms with E-state index in [9.17, 15) is 15.0 Å². The van der Waals surface area contributed by atoms with E-state index in [1.54, 1.807) is 0 Å². The largest absolute Gasteiger partial charge is 0.393 e. The third kappa shape index (κ3) is 4.48. The number of fused-ring (bicyclic) bond motifs is 5. The van der Waals surface area contributed by atoms with Gasteiger partial charge in [-0.05, 0) is 110 Å². The Hall–Kier alpha value is -1.39. The van der Waals surface area contributed by atoms with E-state index in [4.69, 9.17) is 0 Å². The van der Waals surface area contributed by atoms with Crippen LogP contribution >= 0.6 is 0 Å². The number of hydrogen-bond donors (Lipinski definition) is 3. The minimum atomic E-state index is -0.252. The SMILES string of the molecule is CC(CCC(=O)NCc1ccccc1)C1CCC2C3CCC4CC(O)CCC4(C)C3CC(O)C12C. The van der Waals surface area contributed by atoms with Crippen molar-refractivity contribution in [1.82, 2.24) is 5.32 Å². The van der Waals surface area contributed by atoms with Crippen LogP contribution in [0.2, 0.25) is 0 Å². The van der Waals surface area contributed by atoms with Gasteiger partial charge in [-0.25, -0.2) is 0 Å². The predicted molar refractivity (Wildman–Crippen MR) is 139 cm³/mol. The molecule has 1 aromatic carbocycles. The number of aliphatic hydroxyl groups is 2. The molecule has 0 aliphatic heterocycles. The van der Waals surface area contributed by atoms with Gasteiger partial charge in [0, 0.05) is 13.0 Å². The maximum atomic E-state index is 12.6. The maximum Gasteiger partial charge on any atom is 0.220 e. The average molecular weight is 482 g/mol. The lowest BCUT2D eigenvalue weighted by Crippen LogP contribution is -2.58. The second-order valence-electron chi connectivity index (χ2n) is 13.2. The van der Waals surface area contributed by atoms with Gasteiger partial charge in [0.1, 0.15) is 0 Å². The fraction of sp³-hybridized carbons (Fsp3) is 0.774. The van der Waals surface area contributed by atoms with Crippen molar-refractivity contribution in [3.63, 3.8) is 0 Å². The number of carbonyl (C=O) groups is 1. The number of nitrogens with one attached hydrogen (secondary N) is 1. The molecule has 0 saturated heterocycles. The second kappa shape index (κ2) is 9.82. The molecule has 4 saturated carbocycles. The quantitative estimate of drug-likeness (QED) is 0.487. The summed E-state index contributed by atoms with van der Waals surface area (Å²) in [4.78, 5) is 12.6. The van der Waals surface area contributed by atoms with E-state index in [0.717, 1.165) is 37.7 Å². The van der Waals surface area contributed by atoms with Gasteiger partial charge in [0.25, 0.3) is 0 Å². The number of carbonyl (C=O) groups excluding carboxylic acids is 1. The highest BCUT2D eigenvalue weighted by atomic mass is 16.3. The lowest BCUT2D eigenvalue weighted by atomic mass is 9.43. The summed E-state index contributed by atoms with van der Waals surface area (Å²) >= 11 is 0. The van der Waals surface area contributed by atoms with Gasteiger partial charge in [-0.2, -0.15) is 0 Å². The molecule has 4 fully saturated rings. The standard InChI is InChI=1S/C31H47NO3/c1-20(9-14-29(35)32-19-21-7-5-4-6-8-21)25-12-13-26-24-11-10-22-17-23(33)15-16-30(22,2)27(24)18-28(34)31(25,26)3/h4-8,20,22-28,33-34H,9-19H2,1-3H3,(H,32,35). The van der Waals surface area contributed by atoms with E-state index in [0.29, 0.717) is 48.5 Å². The zero-order valence-electron chi connectivity index (χ0n) is 22.1. The molecule has 4 nitrogen and oxygen atoms in total. The molecule has 0 heterocycles. The molecular formula is C31H47NO3. The molecule has 5 rings (SSSR count). The van der Waals surface area contributed by atoms with E-state index in [1.165, 1.54) is 25.7 Å². The third-order valence-electron chi connectivity index (χ3n) is 11.7. The molecule has 0 radical (unpaired) electrons. The Labute approximate surface area is 212 Å². The first-order chi connectivity index (χ1) is 16.7. The molecule has 194 valence electrons. The molecule has 0 bridgehead atoms. The smallest absolute Gasteiger partial charge is 0.220 e. The Morgan fingerprint density at radius 2 is 1.80 bits per heavy atom. The summed E-state index contributed by atoms with van der Waals surface area (Å²) in [7, 11) is 0. The van der Waals surface area contributed by atoms with Crippen LogP contribution in [-0.4, -0.2) is 28.3 Å². The maximum absolute atomic E-state index is 12.6. The van der Waals surface area contributed by atoms with E-state index in [-0.39, 0.29) is 28.9 Å². The van der Waals surface area contributed by atoms with E-state index in [2.05, 4.69) is 26.1 Å². The number of amides is 1.